The van der Waals surface area contributed by atoms with Crippen molar-refractivity contribution in [2.24, 2.45) is 5.41 Å². The maximum Gasteiger partial charge on any atom is 0.311 e. The topological polar surface area (TPSA) is 63.2 Å². The van der Waals surface area contributed by atoms with Gasteiger partial charge in [0, 0.05) is 7.11 Å². The van der Waals surface area contributed by atoms with Crippen LogP contribution in [0.1, 0.15) is 27.2 Å². The van der Waals surface area contributed by atoms with Gasteiger partial charge in [-0.25, -0.2) is 9.78 Å². The van der Waals surface area contributed by atoms with Crippen molar-refractivity contribution in [2.45, 2.75) is 27.2 Å². The molecular weight excluding hydrogens is 228 g/mol. The molecule has 0 amide bonds. The molecule has 0 bridgehead atoms. The molecule has 102 valence electrons. The highest BCUT2D eigenvalue weighted by molar-refractivity contribution is 5.75. The summed E-state index contributed by atoms with van der Waals surface area (Å²) in [5.74, 6) is -0.246. The Morgan fingerprint density at radius 1 is 1.06 bits per heavy atom. The molecule has 0 heterocycles. The first-order chi connectivity index (χ1) is 8.04. The van der Waals surface area contributed by atoms with E-state index in [0.29, 0.717) is 6.61 Å². The third-order valence-electron chi connectivity index (χ3n) is 2.30. The number of esters is 1. The summed E-state index contributed by atoms with van der Waals surface area (Å²) in [6, 6.07) is 0. The van der Waals surface area contributed by atoms with Gasteiger partial charge in [0.25, 0.3) is 0 Å². The largest absolute Gasteiger partial charge is 0.463 e. The standard InChI is InChI=1S/C11H22O6/c1-5-11(2,3)10(12)14-7-9-16-17-15-8-6-13-4/h5-9H2,1-4H3. The van der Waals surface area contributed by atoms with Gasteiger partial charge in [-0.15, -0.1) is 0 Å². The maximum atomic E-state index is 11.5. The van der Waals surface area contributed by atoms with Gasteiger partial charge in [0.05, 0.1) is 12.0 Å². The van der Waals surface area contributed by atoms with E-state index < -0.39 is 5.41 Å². The Balaban J connectivity index is 3.37. The van der Waals surface area contributed by atoms with Crippen LogP contribution in [-0.4, -0.2) is 39.5 Å². The zero-order valence-electron chi connectivity index (χ0n) is 11.0. The second kappa shape index (κ2) is 9.35. The van der Waals surface area contributed by atoms with Crippen molar-refractivity contribution in [3.8, 4) is 0 Å². The van der Waals surface area contributed by atoms with E-state index in [1.165, 1.54) is 0 Å². The number of ether oxygens (including phenoxy) is 2. The zero-order chi connectivity index (χ0) is 13.1. The molecule has 0 atom stereocenters. The predicted octanol–water partition coefficient (Wildman–Crippen LogP) is 1.49. The second-order valence-corrected chi connectivity index (χ2v) is 4.08. The number of methoxy groups -OCH3 is 1. The van der Waals surface area contributed by atoms with Gasteiger partial charge < -0.3 is 9.47 Å². The molecule has 0 saturated heterocycles. The smallest absolute Gasteiger partial charge is 0.311 e. The molecule has 0 aromatic heterocycles. The Hall–Kier alpha value is -0.690. The van der Waals surface area contributed by atoms with Gasteiger partial charge in [0.2, 0.25) is 0 Å². The summed E-state index contributed by atoms with van der Waals surface area (Å²) in [7, 11) is 1.55. The van der Waals surface area contributed by atoms with Crippen LogP contribution < -0.4 is 0 Å². The van der Waals surface area contributed by atoms with Crippen molar-refractivity contribution < 1.29 is 29.1 Å². The van der Waals surface area contributed by atoms with Crippen LogP contribution in [-0.2, 0) is 29.1 Å². The average Bonchev–Trinajstić information content (AvgIpc) is 2.32. The molecule has 0 radical (unpaired) electrons. The molecule has 0 aliphatic heterocycles. The molecule has 0 fully saturated rings. The van der Waals surface area contributed by atoms with Gasteiger partial charge in [-0.1, -0.05) is 12.0 Å². The van der Waals surface area contributed by atoms with E-state index >= 15 is 0 Å². The fourth-order valence-electron chi connectivity index (χ4n) is 0.728. The van der Waals surface area contributed by atoms with Gasteiger partial charge >= 0.3 is 5.97 Å². The van der Waals surface area contributed by atoms with Crippen LogP contribution in [0, 0.1) is 5.41 Å². The Morgan fingerprint density at radius 3 is 2.18 bits per heavy atom. The number of carbonyl (C=O) groups is 1. The molecule has 0 N–H and O–H groups in total. The molecule has 6 heteroatoms. The molecule has 6 nitrogen and oxygen atoms in total. The van der Waals surface area contributed by atoms with Crippen molar-refractivity contribution in [1.82, 2.24) is 0 Å². The Morgan fingerprint density at radius 2 is 1.65 bits per heavy atom. The second-order valence-electron chi connectivity index (χ2n) is 4.08. The highest BCUT2D eigenvalue weighted by Gasteiger charge is 2.26. The van der Waals surface area contributed by atoms with Gasteiger partial charge in [-0.2, -0.15) is 0 Å². The molecule has 0 aliphatic carbocycles. The Bertz CT molecular complexity index is 204. The summed E-state index contributed by atoms with van der Waals surface area (Å²) in [6.45, 7) is 6.56. The SMILES string of the molecule is CCC(C)(C)C(=O)OCCOOOCCOC. The first-order valence-corrected chi connectivity index (χ1v) is 5.62. The van der Waals surface area contributed by atoms with Crippen LogP contribution in [0.15, 0.2) is 0 Å². The van der Waals surface area contributed by atoms with Crippen LogP contribution in [0.3, 0.4) is 0 Å². The highest BCUT2D eigenvalue weighted by atomic mass is 17.5. The lowest BCUT2D eigenvalue weighted by Crippen LogP contribution is -2.27. The molecule has 0 rings (SSSR count). The average molecular weight is 250 g/mol. The Labute approximate surface area is 102 Å². The molecule has 0 spiro atoms. The third-order valence-corrected chi connectivity index (χ3v) is 2.30. The molecular formula is C11H22O6. The van der Waals surface area contributed by atoms with E-state index in [-0.39, 0.29) is 25.8 Å². The summed E-state index contributed by atoms with van der Waals surface area (Å²) in [4.78, 5) is 20.7. The maximum absolute atomic E-state index is 11.5. The van der Waals surface area contributed by atoms with Gasteiger partial charge in [0.15, 0.2) is 0 Å². The molecule has 17 heavy (non-hydrogen) atoms. The fraction of sp³-hybridized carbons (Fsp3) is 0.909. The van der Waals surface area contributed by atoms with E-state index in [0.717, 1.165) is 6.42 Å². The first kappa shape index (κ1) is 16.3. The molecule has 0 aromatic carbocycles. The fourth-order valence-corrected chi connectivity index (χ4v) is 0.728. The summed E-state index contributed by atoms with van der Waals surface area (Å²) in [6.07, 6.45) is 0.726. The Kier molecular flexibility index (Phi) is 8.97. The first-order valence-electron chi connectivity index (χ1n) is 5.62. The van der Waals surface area contributed by atoms with Crippen molar-refractivity contribution in [3.05, 3.63) is 0 Å². The van der Waals surface area contributed by atoms with Crippen molar-refractivity contribution >= 4 is 5.97 Å². The molecule has 0 aromatic rings. The van der Waals surface area contributed by atoms with Crippen LogP contribution in [0.4, 0.5) is 0 Å². The van der Waals surface area contributed by atoms with E-state index in [4.69, 9.17) is 9.47 Å². The predicted molar refractivity (Wildman–Crippen MR) is 59.9 cm³/mol. The van der Waals surface area contributed by atoms with Crippen molar-refractivity contribution in [2.75, 3.05) is 33.5 Å². The van der Waals surface area contributed by atoms with Gasteiger partial charge in [0.1, 0.15) is 19.8 Å². The van der Waals surface area contributed by atoms with Crippen LogP contribution in [0.25, 0.3) is 0 Å². The normalized spacial score (nSPS) is 11.5. The quantitative estimate of drug-likeness (QED) is 0.253. The summed E-state index contributed by atoms with van der Waals surface area (Å²) in [5.41, 5.74) is -0.462. The minimum absolute atomic E-state index is 0.124. The lowest BCUT2D eigenvalue weighted by molar-refractivity contribution is -0.513. The molecule has 0 unspecified atom stereocenters. The number of hydrogen-bond donors (Lipinski definition) is 0. The summed E-state index contributed by atoms with van der Waals surface area (Å²) < 4.78 is 9.72. The molecule has 0 aliphatic rings. The summed E-state index contributed by atoms with van der Waals surface area (Å²) in [5, 5.41) is 4.36. The zero-order valence-corrected chi connectivity index (χ0v) is 11.0. The van der Waals surface area contributed by atoms with E-state index in [1.54, 1.807) is 7.11 Å². The van der Waals surface area contributed by atoms with E-state index in [1.807, 2.05) is 20.8 Å². The summed E-state index contributed by atoms with van der Waals surface area (Å²) >= 11 is 0. The van der Waals surface area contributed by atoms with Crippen LogP contribution >= 0.6 is 0 Å². The molecule has 0 saturated carbocycles. The van der Waals surface area contributed by atoms with E-state index in [2.05, 4.69) is 14.8 Å². The van der Waals surface area contributed by atoms with Gasteiger partial charge in [-0.05, 0) is 20.3 Å². The van der Waals surface area contributed by atoms with Crippen LogP contribution in [0.5, 0.6) is 0 Å². The van der Waals surface area contributed by atoms with Crippen molar-refractivity contribution in [3.63, 3.8) is 0 Å². The minimum Gasteiger partial charge on any atom is -0.463 e. The monoisotopic (exact) mass is 250 g/mol. The highest BCUT2D eigenvalue weighted by Crippen LogP contribution is 2.21. The minimum atomic E-state index is -0.462. The lowest BCUT2D eigenvalue weighted by atomic mass is 9.91. The van der Waals surface area contributed by atoms with Crippen LogP contribution in [0.2, 0.25) is 0 Å². The number of carbonyl (C=O) groups excluding carboxylic acids is 1. The lowest BCUT2D eigenvalue weighted by Gasteiger charge is -2.19. The number of hydrogen-bond acceptors (Lipinski definition) is 6. The number of rotatable bonds is 10. The van der Waals surface area contributed by atoms with E-state index in [9.17, 15) is 4.79 Å². The van der Waals surface area contributed by atoms with Crippen molar-refractivity contribution in [1.29, 1.82) is 0 Å². The van der Waals surface area contributed by atoms with Gasteiger partial charge in [-0.3, -0.25) is 4.79 Å². The third kappa shape index (κ3) is 8.09.